The van der Waals surface area contributed by atoms with E-state index in [0.29, 0.717) is 5.65 Å². The van der Waals surface area contributed by atoms with E-state index in [1.807, 2.05) is 0 Å². The van der Waals surface area contributed by atoms with Crippen LogP contribution in [0.25, 0.3) is 11.0 Å². The lowest BCUT2D eigenvalue weighted by Gasteiger charge is -2.17. The van der Waals surface area contributed by atoms with E-state index in [0.717, 1.165) is 30.7 Å². The molecule has 1 saturated heterocycles. The summed E-state index contributed by atoms with van der Waals surface area (Å²) in [4.78, 5) is 10.5. The van der Waals surface area contributed by atoms with Crippen LogP contribution in [0.4, 0.5) is 5.82 Å². The number of aromatic amines is 1. The van der Waals surface area contributed by atoms with Gasteiger partial charge in [-0.3, -0.25) is 5.10 Å². The summed E-state index contributed by atoms with van der Waals surface area (Å²) in [5.74, 6) is 0.827. The average molecular weight is 254 g/mol. The number of nitrogens with zero attached hydrogens (tertiary/aromatic N) is 4. The molecule has 1 atom stereocenters. The number of hydrogen-bond donors (Lipinski definition) is 1. The molecule has 1 fully saturated rings. The molecule has 1 unspecified atom stereocenters. The second kappa shape index (κ2) is 4.12. The van der Waals surface area contributed by atoms with Crippen molar-refractivity contribution in [1.82, 2.24) is 20.2 Å². The lowest BCUT2D eigenvalue weighted by molar-refractivity contribution is 0.121. The molecule has 3 rings (SSSR count). The van der Waals surface area contributed by atoms with E-state index in [1.54, 1.807) is 13.3 Å². The number of nitrogens with one attached hydrogen (secondary N) is 1. The van der Waals surface area contributed by atoms with Crippen molar-refractivity contribution < 1.29 is 4.74 Å². The van der Waals surface area contributed by atoms with Gasteiger partial charge in [0.1, 0.15) is 5.82 Å². The van der Waals surface area contributed by atoms with Gasteiger partial charge in [0.2, 0.25) is 5.28 Å². The topological polar surface area (TPSA) is 66.9 Å². The molecule has 0 amide bonds. The number of H-pyrrole nitrogens is 1. The molecule has 3 heterocycles. The highest BCUT2D eigenvalue weighted by Crippen LogP contribution is 2.27. The first-order valence-electron chi connectivity index (χ1n) is 5.42. The molecule has 0 aliphatic carbocycles. The van der Waals surface area contributed by atoms with Crippen LogP contribution in [-0.4, -0.2) is 46.5 Å². The Hall–Kier alpha value is -1.40. The van der Waals surface area contributed by atoms with Crippen LogP contribution >= 0.6 is 11.6 Å². The summed E-state index contributed by atoms with van der Waals surface area (Å²) in [6.07, 6.45) is 2.98. The Labute approximate surface area is 103 Å². The van der Waals surface area contributed by atoms with Crippen molar-refractivity contribution in [1.29, 1.82) is 0 Å². The molecule has 7 heteroatoms. The fraction of sp³-hybridized carbons (Fsp3) is 0.500. The zero-order chi connectivity index (χ0) is 11.8. The quantitative estimate of drug-likeness (QED) is 0.816. The lowest BCUT2D eigenvalue weighted by atomic mass is 10.3. The highest BCUT2D eigenvalue weighted by molar-refractivity contribution is 6.28. The van der Waals surface area contributed by atoms with Crippen molar-refractivity contribution in [2.45, 2.75) is 12.5 Å². The average Bonchev–Trinajstić information content (AvgIpc) is 2.95. The third-order valence-corrected chi connectivity index (χ3v) is 3.21. The van der Waals surface area contributed by atoms with E-state index in [1.165, 1.54) is 0 Å². The maximum absolute atomic E-state index is 5.90. The highest BCUT2D eigenvalue weighted by Gasteiger charge is 2.25. The van der Waals surface area contributed by atoms with Gasteiger partial charge in [0.15, 0.2) is 5.65 Å². The van der Waals surface area contributed by atoms with Crippen LogP contribution in [0.2, 0.25) is 5.28 Å². The highest BCUT2D eigenvalue weighted by atomic mass is 35.5. The maximum atomic E-state index is 5.90. The summed E-state index contributed by atoms with van der Waals surface area (Å²) in [7, 11) is 1.73. The van der Waals surface area contributed by atoms with Crippen LogP contribution in [0, 0.1) is 0 Å². The SMILES string of the molecule is COC1CCN(c2nc(Cl)nc3[nH]ncc23)C1. The number of hydrogen-bond acceptors (Lipinski definition) is 5. The predicted molar refractivity (Wildman–Crippen MR) is 64.3 cm³/mol. The molecule has 0 aromatic carbocycles. The lowest BCUT2D eigenvalue weighted by Crippen LogP contribution is -2.23. The standard InChI is InChI=1S/C10H12ClN5O/c1-17-6-2-3-16(5-6)9-7-4-12-15-8(7)13-10(11)14-9/h4,6H,2-3,5H2,1H3,(H,12,13,14,15). The van der Waals surface area contributed by atoms with Crippen LogP contribution < -0.4 is 4.90 Å². The van der Waals surface area contributed by atoms with E-state index in [4.69, 9.17) is 16.3 Å². The van der Waals surface area contributed by atoms with Gasteiger partial charge in [-0.1, -0.05) is 0 Å². The Morgan fingerprint density at radius 3 is 3.18 bits per heavy atom. The molecule has 1 aliphatic heterocycles. The fourth-order valence-electron chi connectivity index (χ4n) is 2.15. The van der Waals surface area contributed by atoms with Crippen molar-refractivity contribution in [2.24, 2.45) is 0 Å². The van der Waals surface area contributed by atoms with Gasteiger partial charge in [-0.15, -0.1) is 0 Å². The first-order chi connectivity index (χ1) is 8.28. The normalized spacial score (nSPS) is 20.4. The molecule has 2 aromatic heterocycles. The largest absolute Gasteiger partial charge is 0.380 e. The first-order valence-corrected chi connectivity index (χ1v) is 5.80. The van der Waals surface area contributed by atoms with Crippen LogP contribution in [0.5, 0.6) is 0 Å². The monoisotopic (exact) mass is 253 g/mol. The van der Waals surface area contributed by atoms with Gasteiger partial charge >= 0.3 is 0 Å². The minimum atomic E-state index is 0.234. The van der Waals surface area contributed by atoms with Crippen LogP contribution in [-0.2, 0) is 4.74 Å². The van der Waals surface area contributed by atoms with Gasteiger partial charge in [0, 0.05) is 20.2 Å². The molecule has 1 aliphatic rings. The Morgan fingerprint density at radius 1 is 1.53 bits per heavy atom. The zero-order valence-corrected chi connectivity index (χ0v) is 10.1. The Balaban J connectivity index is 2.02. The predicted octanol–water partition coefficient (Wildman–Crippen LogP) is 1.23. The number of aromatic nitrogens is 4. The van der Waals surface area contributed by atoms with Crippen molar-refractivity contribution in [3.63, 3.8) is 0 Å². The third kappa shape index (κ3) is 1.83. The Morgan fingerprint density at radius 2 is 2.41 bits per heavy atom. The van der Waals surface area contributed by atoms with Crippen molar-refractivity contribution in [3.05, 3.63) is 11.5 Å². The van der Waals surface area contributed by atoms with Gasteiger partial charge in [-0.25, -0.2) is 0 Å². The molecule has 1 N–H and O–H groups in total. The van der Waals surface area contributed by atoms with Gasteiger partial charge in [0.05, 0.1) is 17.7 Å². The molecule has 90 valence electrons. The van der Waals surface area contributed by atoms with Crippen molar-refractivity contribution in [3.8, 4) is 0 Å². The second-order valence-electron chi connectivity index (χ2n) is 4.04. The van der Waals surface area contributed by atoms with Crippen LogP contribution in [0.3, 0.4) is 0 Å². The van der Waals surface area contributed by atoms with Gasteiger partial charge in [-0.2, -0.15) is 15.1 Å². The molecule has 0 bridgehead atoms. The Bertz CT molecular complexity index is 542. The smallest absolute Gasteiger partial charge is 0.226 e. The number of fused-ring (bicyclic) bond motifs is 1. The van der Waals surface area contributed by atoms with Gasteiger partial charge < -0.3 is 9.64 Å². The maximum Gasteiger partial charge on any atom is 0.226 e. The molecular weight excluding hydrogens is 242 g/mol. The summed E-state index contributed by atoms with van der Waals surface area (Å²) in [5, 5.41) is 7.90. The number of anilines is 1. The van der Waals surface area contributed by atoms with E-state index in [2.05, 4.69) is 25.1 Å². The molecule has 2 aromatic rings. The number of rotatable bonds is 2. The number of ether oxygens (including phenoxy) is 1. The minimum absolute atomic E-state index is 0.234. The third-order valence-electron chi connectivity index (χ3n) is 3.04. The first kappa shape index (κ1) is 10.7. The summed E-state index contributed by atoms with van der Waals surface area (Å²) in [6, 6.07) is 0. The van der Waals surface area contributed by atoms with Gasteiger partial charge in [-0.05, 0) is 18.0 Å². The van der Waals surface area contributed by atoms with Crippen LogP contribution in [0.1, 0.15) is 6.42 Å². The molecule has 0 saturated carbocycles. The van der Waals surface area contributed by atoms with E-state index < -0.39 is 0 Å². The van der Waals surface area contributed by atoms with Crippen molar-refractivity contribution in [2.75, 3.05) is 25.1 Å². The number of halogens is 1. The van der Waals surface area contributed by atoms with Crippen molar-refractivity contribution >= 4 is 28.5 Å². The summed E-state index contributed by atoms with van der Waals surface area (Å²) in [6.45, 7) is 1.73. The fourth-order valence-corrected chi connectivity index (χ4v) is 2.31. The molecule has 6 nitrogen and oxygen atoms in total. The zero-order valence-electron chi connectivity index (χ0n) is 9.35. The molecule has 17 heavy (non-hydrogen) atoms. The number of methoxy groups -OCH3 is 1. The summed E-state index contributed by atoms with van der Waals surface area (Å²) in [5.41, 5.74) is 0.667. The van der Waals surface area contributed by atoms with E-state index >= 15 is 0 Å². The molecule has 0 radical (unpaired) electrons. The van der Waals surface area contributed by atoms with Crippen LogP contribution in [0.15, 0.2) is 6.20 Å². The minimum Gasteiger partial charge on any atom is -0.380 e. The molecular formula is C10H12ClN5O. The summed E-state index contributed by atoms with van der Waals surface area (Å²) < 4.78 is 5.35. The molecule has 0 spiro atoms. The Kier molecular flexibility index (Phi) is 2.60. The second-order valence-corrected chi connectivity index (χ2v) is 4.38. The van der Waals surface area contributed by atoms with Gasteiger partial charge in [0.25, 0.3) is 0 Å². The van der Waals surface area contributed by atoms with E-state index in [9.17, 15) is 0 Å². The summed E-state index contributed by atoms with van der Waals surface area (Å²) >= 11 is 5.90. The van der Waals surface area contributed by atoms with E-state index in [-0.39, 0.29) is 11.4 Å².